The van der Waals surface area contributed by atoms with E-state index in [-0.39, 0.29) is 5.82 Å². The van der Waals surface area contributed by atoms with Crippen LogP contribution in [0.4, 0.5) is 10.2 Å². The lowest BCUT2D eigenvalue weighted by molar-refractivity contribution is 0.612. The molecule has 3 N–H and O–H groups in total. The van der Waals surface area contributed by atoms with Crippen molar-refractivity contribution in [2.75, 3.05) is 5.73 Å². The van der Waals surface area contributed by atoms with Crippen LogP contribution in [0, 0.1) is 19.7 Å². The first-order valence-corrected chi connectivity index (χ1v) is 6.80. The molecular formula is C15H13FN6. The van der Waals surface area contributed by atoms with Crippen molar-refractivity contribution >= 4 is 22.4 Å². The highest BCUT2D eigenvalue weighted by molar-refractivity contribution is 5.97. The van der Waals surface area contributed by atoms with Gasteiger partial charge in [-0.3, -0.25) is 5.10 Å². The van der Waals surface area contributed by atoms with Gasteiger partial charge < -0.3 is 5.73 Å². The third-order valence-corrected chi connectivity index (χ3v) is 3.91. The Bertz CT molecular complexity index is 1030. The number of halogens is 1. The lowest BCUT2D eigenvalue weighted by Crippen LogP contribution is -1.99. The van der Waals surface area contributed by atoms with Crippen molar-refractivity contribution in [1.29, 1.82) is 0 Å². The predicted molar refractivity (Wildman–Crippen MR) is 81.9 cm³/mol. The molecule has 22 heavy (non-hydrogen) atoms. The number of aryl methyl sites for hydroxylation is 1. The van der Waals surface area contributed by atoms with Crippen molar-refractivity contribution < 1.29 is 4.39 Å². The molecule has 7 heteroatoms. The van der Waals surface area contributed by atoms with Gasteiger partial charge in [-0.1, -0.05) is 0 Å². The maximum atomic E-state index is 14.5. The average Bonchev–Trinajstić information content (AvgIpc) is 3.10. The van der Waals surface area contributed by atoms with Gasteiger partial charge in [0.2, 0.25) is 0 Å². The first-order valence-electron chi connectivity index (χ1n) is 6.80. The van der Waals surface area contributed by atoms with E-state index in [0.717, 1.165) is 10.9 Å². The molecule has 110 valence electrons. The maximum Gasteiger partial charge on any atom is 0.156 e. The molecule has 0 saturated carbocycles. The van der Waals surface area contributed by atoms with E-state index < -0.39 is 0 Å². The zero-order valence-electron chi connectivity index (χ0n) is 12.1. The minimum Gasteiger partial charge on any atom is -0.382 e. The Hall–Kier alpha value is -2.96. The fourth-order valence-corrected chi connectivity index (χ4v) is 2.83. The summed E-state index contributed by atoms with van der Waals surface area (Å²) in [4.78, 5) is 4.14. The number of hydrogen-bond acceptors (Lipinski definition) is 4. The molecule has 0 amide bonds. The predicted octanol–water partition coefficient (Wildman–Crippen LogP) is 2.61. The molecular weight excluding hydrogens is 283 g/mol. The number of nitrogens with one attached hydrogen (secondary N) is 1. The molecule has 0 aliphatic carbocycles. The van der Waals surface area contributed by atoms with Crippen molar-refractivity contribution in [3.05, 3.63) is 41.5 Å². The van der Waals surface area contributed by atoms with Crippen molar-refractivity contribution in [3.8, 4) is 11.3 Å². The number of nitrogen functional groups attached to an aromatic ring is 1. The van der Waals surface area contributed by atoms with Gasteiger partial charge in [-0.25, -0.2) is 13.9 Å². The van der Waals surface area contributed by atoms with Gasteiger partial charge in [0.15, 0.2) is 5.65 Å². The number of benzene rings is 1. The largest absolute Gasteiger partial charge is 0.382 e. The summed E-state index contributed by atoms with van der Waals surface area (Å²) in [5.74, 6) is 0.142. The molecule has 3 heterocycles. The molecule has 0 aliphatic rings. The van der Waals surface area contributed by atoms with Crippen molar-refractivity contribution in [2.45, 2.75) is 13.8 Å². The van der Waals surface area contributed by atoms with Gasteiger partial charge in [0.25, 0.3) is 0 Å². The Morgan fingerprint density at radius 2 is 2.05 bits per heavy atom. The van der Waals surface area contributed by atoms with Crippen LogP contribution in [0.2, 0.25) is 0 Å². The van der Waals surface area contributed by atoms with Crippen LogP contribution in [0.15, 0.2) is 24.5 Å². The number of anilines is 1. The second-order valence-corrected chi connectivity index (χ2v) is 5.28. The smallest absolute Gasteiger partial charge is 0.156 e. The zero-order valence-corrected chi connectivity index (χ0v) is 12.1. The van der Waals surface area contributed by atoms with Crippen molar-refractivity contribution in [2.24, 2.45) is 0 Å². The summed E-state index contributed by atoms with van der Waals surface area (Å²) in [6, 6.07) is 3.62. The van der Waals surface area contributed by atoms with Crippen LogP contribution in [0.3, 0.4) is 0 Å². The van der Waals surface area contributed by atoms with Gasteiger partial charge in [-0.2, -0.15) is 10.2 Å². The second kappa shape index (κ2) is 4.27. The molecule has 0 fully saturated rings. The number of imidazole rings is 1. The number of fused-ring (bicyclic) bond motifs is 2. The highest BCUT2D eigenvalue weighted by Gasteiger charge is 2.18. The topological polar surface area (TPSA) is 84.9 Å². The van der Waals surface area contributed by atoms with Crippen LogP contribution in [0.25, 0.3) is 27.8 Å². The fraction of sp³-hybridized carbons (Fsp3) is 0.133. The molecule has 1 aromatic carbocycles. The van der Waals surface area contributed by atoms with Gasteiger partial charge in [-0.15, -0.1) is 0 Å². The highest BCUT2D eigenvalue weighted by atomic mass is 19.1. The first kappa shape index (κ1) is 12.8. The van der Waals surface area contributed by atoms with Crippen LogP contribution >= 0.6 is 0 Å². The summed E-state index contributed by atoms with van der Waals surface area (Å²) in [5.41, 5.74) is 9.49. The Balaban J connectivity index is 2.09. The van der Waals surface area contributed by atoms with Gasteiger partial charge in [0, 0.05) is 16.5 Å². The summed E-state index contributed by atoms with van der Waals surface area (Å²) in [6.07, 6.45) is 3.32. The zero-order chi connectivity index (χ0) is 15.4. The van der Waals surface area contributed by atoms with Crippen molar-refractivity contribution in [3.63, 3.8) is 0 Å². The van der Waals surface area contributed by atoms with Crippen LogP contribution in [0.1, 0.15) is 11.1 Å². The number of rotatable bonds is 1. The molecule has 6 nitrogen and oxygen atoms in total. The number of aromatic amines is 1. The number of H-pyrrole nitrogens is 1. The van der Waals surface area contributed by atoms with E-state index in [9.17, 15) is 4.39 Å². The molecule has 0 atom stereocenters. The van der Waals surface area contributed by atoms with Gasteiger partial charge in [0.05, 0.1) is 23.6 Å². The Labute approximate surface area is 124 Å². The molecule has 3 aromatic heterocycles. The summed E-state index contributed by atoms with van der Waals surface area (Å²) in [7, 11) is 0. The monoisotopic (exact) mass is 296 g/mol. The van der Waals surface area contributed by atoms with E-state index >= 15 is 0 Å². The van der Waals surface area contributed by atoms with E-state index in [1.165, 1.54) is 0 Å². The lowest BCUT2D eigenvalue weighted by atomic mass is 9.97. The highest BCUT2D eigenvalue weighted by Crippen LogP contribution is 2.34. The number of nitrogens with zero attached hydrogens (tertiary/aromatic N) is 4. The molecule has 0 aliphatic heterocycles. The van der Waals surface area contributed by atoms with E-state index in [4.69, 9.17) is 5.73 Å². The molecule has 4 rings (SSSR count). The van der Waals surface area contributed by atoms with Crippen LogP contribution in [0.5, 0.6) is 0 Å². The van der Waals surface area contributed by atoms with Crippen LogP contribution in [-0.2, 0) is 0 Å². The molecule has 4 aromatic rings. The van der Waals surface area contributed by atoms with Crippen LogP contribution in [-0.4, -0.2) is 24.8 Å². The first-order chi connectivity index (χ1) is 10.6. The van der Waals surface area contributed by atoms with E-state index in [2.05, 4.69) is 20.3 Å². The second-order valence-electron chi connectivity index (χ2n) is 5.28. The van der Waals surface area contributed by atoms with Gasteiger partial charge >= 0.3 is 0 Å². The average molecular weight is 296 g/mol. The third kappa shape index (κ3) is 1.62. The van der Waals surface area contributed by atoms with E-state index in [0.29, 0.717) is 33.8 Å². The quantitative estimate of drug-likeness (QED) is 0.565. The number of aromatic nitrogens is 5. The summed E-state index contributed by atoms with van der Waals surface area (Å²) in [5, 5.41) is 12.2. The summed E-state index contributed by atoms with van der Waals surface area (Å²) in [6.45, 7) is 3.48. The standard InChI is InChI=1S/C15H13FN6/c1-7-13(9-5-18-20-15(9)8(2)14(7)16)10-3-4-12-19-11(17)6-22(12)21-10/h3-6H,17H2,1-2H3,(H,18,20). The third-order valence-electron chi connectivity index (χ3n) is 3.91. The molecule has 0 bridgehead atoms. The summed E-state index contributed by atoms with van der Waals surface area (Å²) >= 11 is 0. The molecule has 0 unspecified atom stereocenters. The Morgan fingerprint density at radius 1 is 1.23 bits per heavy atom. The van der Waals surface area contributed by atoms with Gasteiger partial charge in [0.1, 0.15) is 11.6 Å². The summed E-state index contributed by atoms with van der Waals surface area (Å²) < 4.78 is 16.1. The Morgan fingerprint density at radius 3 is 2.86 bits per heavy atom. The number of hydrogen-bond donors (Lipinski definition) is 2. The molecule has 0 spiro atoms. The maximum absolute atomic E-state index is 14.5. The molecule has 0 radical (unpaired) electrons. The number of nitrogens with two attached hydrogens (primary N) is 1. The minimum absolute atomic E-state index is 0.251. The SMILES string of the molecule is Cc1c(F)c(C)c2[nH]ncc2c1-c1ccc2nc(N)cn2n1. The van der Waals surface area contributed by atoms with E-state index in [1.54, 1.807) is 30.8 Å². The van der Waals surface area contributed by atoms with E-state index in [1.807, 2.05) is 12.1 Å². The lowest BCUT2D eigenvalue weighted by Gasteiger charge is -2.11. The normalized spacial score (nSPS) is 11.6. The fourth-order valence-electron chi connectivity index (χ4n) is 2.83. The Kier molecular flexibility index (Phi) is 2.47. The minimum atomic E-state index is -0.251. The molecule has 0 saturated heterocycles. The van der Waals surface area contributed by atoms with Crippen LogP contribution < -0.4 is 5.73 Å². The van der Waals surface area contributed by atoms with Crippen molar-refractivity contribution in [1.82, 2.24) is 24.8 Å². The van der Waals surface area contributed by atoms with Gasteiger partial charge in [-0.05, 0) is 31.5 Å².